The van der Waals surface area contributed by atoms with Crippen molar-refractivity contribution in [2.45, 2.75) is 25.4 Å². The van der Waals surface area contributed by atoms with Gasteiger partial charge in [-0.1, -0.05) is 6.07 Å². The summed E-state index contributed by atoms with van der Waals surface area (Å²) in [7, 11) is 1.54. The van der Waals surface area contributed by atoms with Crippen LogP contribution in [-0.4, -0.2) is 47.1 Å². The van der Waals surface area contributed by atoms with Crippen LogP contribution in [0.15, 0.2) is 29.9 Å². The third-order valence-corrected chi connectivity index (χ3v) is 4.62. The highest BCUT2D eigenvalue weighted by Crippen LogP contribution is 2.24. The van der Waals surface area contributed by atoms with Crippen molar-refractivity contribution in [3.05, 3.63) is 34.8 Å². The van der Waals surface area contributed by atoms with Crippen LogP contribution in [-0.2, 0) is 11.2 Å². The number of likely N-dealkylation sites (tertiary alicyclic amines) is 1. The van der Waals surface area contributed by atoms with Gasteiger partial charge in [-0.05, 0) is 24.3 Å². The molecule has 122 valence electrons. The lowest BCUT2D eigenvalue weighted by Crippen LogP contribution is -2.45. The molecule has 1 aliphatic heterocycles. The molecule has 23 heavy (non-hydrogen) atoms. The standard InChI is InChI=1S/C16H19N3O3S/c1-21-15-16(18-7-6-17-15)22-12-4-2-8-19(11-12)14(20)10-13-5-3-9-23-13/h3,5-7,9,12H,2,4,8,10-11H2,1H3/t12-/m0/s1. The molecule has 3 heterocycles. The maximum absolute atomic E-state index is 12.4. The maximum atomic E-state index is 12.4. The van der Waals surface area contributed by atoms with Gasteiger partial charge in [0.05, 0.1) is 20.1 Å². The zero-order valence-electron chi connectivity index (χ0n) is 13.0. The fourth-order valence-electron chi connectivity index (χ4n) is 2.63. The van der Waals surface area contributed by atoms with E-state index in [9.17, 15) is 4.79 Å². The van der Waals surface area contributed by atoms with E-state index in [-0.39, 0.29) is 12.0 Å². The van der Waals surface area contributed by atoms with E-state index in [4.69, 9.17) is 9.47 Å². The molecule has 2 aromatic heterocycles. The number of nitrogens with zero attached hydrogens (tertiary/aromatic N) is 3. The van der Waals surface area contributed by atoms with Crippen LogP contribution < -0.4 is 9.47 Å². The average Bonchev–Trinajstić information content (AvgIpc) is 3.08. The number of rotatable bonds is 5. The Morgan fingerprint density at radius 3 is 2.96 bits per heavy atom. The van der Waals surface area contributed by atoms with Crippen LogP contribution in [0.2, 0.25) is 0 Å². The van der Waals surface area contributed by atoms with Gasteiger partial charge >= 0.3 is 0 Å². The average molecular weight is 333 g/mol. The van der Waals surface area contributed by atoms with E-state index in [2.05, 4.69) is 9.97 Å². The van der Waals surface area contributed by atoms with Gasteiger partial charge in [0.15, 0.2) is 0 Å². The summed E-state index contributed by atoms with van der Waals surface area (Å²) in [5.41, 5.74) is 0. The molecule has 6 nitrogen and oxygen atoms in total. The molecular weight excluding hydrogens is 314 g/mol. The van der Waals surface area contributed by atoms with Crippen LogP contribution in [0, 0.1) is 0 Å². The number of methoxy groups -OCH3 is 1. The smallest absolute Gasteiger partial charge is 0.278 e. The molecule has 0 spiro atoms. The maximum Gasteiger partial charge on any atom is 0.278 e. The molecule has 1 atom stereocenters. The molecule has 1 saturated heterocycles. The van der Waals surface area contributed by atoms with Gasteiger partial charge in [-0.25, -0.2) is 9.97 Å². The monoisotopic (exact) mass is 333 g/mol. The lowest BCUT2D eigenvalue weighted by Gasteiger charge is -2.32. The van der Waals surface area contributed by atoms with Crippen molar-refractivity contribution < 1.29 is 14.3 Å². The number of hydrogen-bond donors (Lipinski definition) is 0. The van der Waals surface area contributed by atoms with Gasteiger partial charge < -0.3 is 14.4 Å². The second kappa shape index (κ2) is 7.41. The highest BCUT2D eigenvalue weighted by molar-refractivity contribution is 7.10. The lowest BCUT2D eigenvalue weighted by atomic mass is 10.1. The van der Waals surface area contributed by atoms with E-state index in [1.54, 1.807) is 23.7 Å². The fraction of sp³-hybridized carbons (Fsp3) is 0.438. The molecule has 0 bridgehead atoms. The number of thiophene rings is 1. The predicted octanol–water partition coefficient (Wildman–Crippen LogP) is 2.16. The van der Waals surface area contributed by atoms with Crippen molar-refractivity contribution in [1.82, 2.24) is 14.9 Å². The van der Waals surface area contributed by atoms with Gasteiger partial charge in [0.2, 0.25) is 5.91 Å². The first kappa shape index (κ1) is 15.7. The van der Waals surface area contributed by atoms with Crippen molar-refractivity contribution in [2.24, 2.45) is 0 Å². The lowest BCUT2D eigenvalue weighted by molar-refractivity contribution is -0.133. The van der Waals surface area contributed by atoms with E-state index in [1.807, 2.05) is 22.4 Å². The summed E-state index contributed by atoms with van der Waals surface area (Å²) in [6, 6.07) is 3.96. The minimum absolute atomic E-state index is 0.0818. The Kier molecular flexibility index (Phi) is 5.07. The topological polar surface area (TPSA) is 64.6 Å². The molecule has 0 radical (unpaired) electrons. The van der Waals surface area contributed by atoms with Gasteiger partial charge in [0.1, 0.15) is 6.10 Å². The van der Waals surface area contributed by atoms with Crippen LogP contribution in [0.1, 0.15) is 17.7 Å². The van der Waals surface area contributed by atoms with Crippen LogP contribution >= 0.6 is 11.3 Å². The minimum Gasteiger partial charge on any atom is -0.477 e. The van der Waals surface area contributed by atoms with E-state index >= 15 is 0 Å². The zero-order chi connectivity index (χ0) is 16.1. The Labute approximate surface area is 139 Å². The van der Waals surface area contributed by atoms with Crippen LogP contribution in [0.3, 0.4) is 0 Å². The molecule has 0 N–H and O–H groups in total. The van der Waals surface area contributed by atoms with Crippen molar-refractivity contribution in [1.29, 1.82) is 0 Å². The largest absolute Gasteiger partial charge is 0.477 e. The number of ether oxygens (including phenoxy) is 2. The molecular formula is C16H19N3O3S. The third kappa shape index (κ3) is 3.98. The van der Waals surface area contributed by atoms with Crippen molar-refractivity contribution in [3.63, 3.8) is 0 Å². The molecule has 0 saturated carbocycles. The minimum atomic E-state index is -0.0818. The van der Waals surface area contributed by atoms with Gasteiger partial charge in [0, 0.05) is 23.8 Å². The summed E-state index contributed by atoms with van der Waals surface area (Å²) in [6.45, 7) is 1.35. The summed E-state index contributed by atoms with van der Waals surface area (Å²) in [4.78, 5) is 23.6. The second-order valence-electron chi connectivity index (χ2n) is 5.35. The molecule has 0 aromatic carbocycles. The number of carbonyl (C=O) groups is 1. The highest BCUT2D eigenvalue weighted by atomic mass is 32.1. The normalized spacial score (nSPS) is 17.8. The molecule has 0 aliphatic carbocycles. The van der Waals surface area contributed by atoms with Gasteiger partial charge in [-0.2, -0.15) is 0 Å². The molecule has 7 heteroatoms. The van der Waals surface area contributed by atoms with E-state index in [0.29, 0.717) is 24.7 Å². The Hall–Kier alpha value is -2.15. The highest BCUT2D eigenvalue weighted by Gasteiger charge is 2.26. The number of aromatic nitrogens is 2. The van der Waals surface area contributed by atoms with Crippen molar-refractivity contribution in [2.75, 3.05) is 20.2 Å². The van der Waals surface area contributed by atoms with Gasteiger partial charge in [0.25, 0.3) is 11.8 Å². The van der Waals surface area contributed by atoms with Gasteiger partial charge in [-0.3, -0.25) is 4.79 Å². The number of hydrogen-bond acceptors (Lipinski definition) is 6. The number of amides is 1. The van der Waals surface area contributed by atoms with Crippen LogP contribution in [0.25, 0.3) is 0 Å². The molecule has 2 aromatic rings. The van der Waals surface area contributed by atoms with E-state index in [1.165, 1.54) is 7.11 Å². The summed E-state index contributed by atoms with van der Waals surface area (Å²) >= 11 is 1.61. The zero-order valence-corrected chi connectivity index (χ0v) is 13.8. The molecule has 1 fully saturated rings. The van der Waals surface area contributed by atoms with E-state index in [0.717, 1.165) is 24.3 Å². The summed E-state index contributed by atoms with van der Waals surface area (Å²) in [5.74, 6) is 0.897. The first-order chi connectivity index (χ1) is 11.3. The molecule has 3 rings (SSSR count). The first-order valence-electron chi connectivity index (χ1n) is 7.58. The third-order valence-electron chi connectivity index (χ3n) is 3.74. The molecule has 0 unspecified atom stereocenters. The quantitative estimate of drug-likeness (QED) is 0.839. The Balaban J connectivity index is 1.60. The van der Waals surface area contributed by atoms with E-state index < -0.39 is 0 Å². The molecule has 1 amide bonds. The summed E-state index contributed by atoms with van der Waals surface area (Å²) < 4.78 is 11.1. The van der Waals surface area contributed by atoms with Gasteiger partial charge in [-0.15, -0.1) is 11.3 Å². The number of piperidine rings is 1. The predicted molar refractivity (Wildman–Crippen MR) is 86.8 cm³/mol. The van der Waals surface area contributed by atoms with Crippen molar-refractivity contribution in [3.8, 4) is 11.8 Å². The Morgan fingerprint density at radius 2 is 2.22 bits per heavy atom. The Bertz CT molecular complexity index is 648. The SMILES string of the molecule is COc1nccnc1O[C@H]1CCCN(C(=O)Cc2cccs2)C1. The molecule has 1 aliphatic rings. The Morgan fingerprint density at radius 1 is 1.39 bits per heavy atom. The summed E-state index contributed by atoms with van der Waals surface area (Å²) in [6.07, 6.45) is 5.32. The first-order valence-corrected chi connectivity index (χ1v) is 8.46. The van der Waals surface area contributed by atoms with Crippen LogP contribution in [0.5, 0.6) is 11.8 Å². The van der Waals surface area contributed by atoms with Crippen LogP contribution in [0.4, 0.5) is 0 Å². The fourth-order valence-corrected chi connectivity index (χ4v) is 3.32. The number of carbonyl (C=O) groups excluding carboxylic acids is 1. The second-order valence-corrected chi connectivity index (χ2v) is 6.38. The summed E-state index contributed by atoms with van der Waals surface area (Å²) in [5, 5.41) is 1.99. The van der Waals surface area contributed by atoms with Crippen molar-refractivity contribution >= 4 is 17.2 Å².